The monoisotopic (exact) mass is 383 g/mol. The fourth-order valence-electron chi connectivity index (χ4n) is 3.72. The molecule has 28 heavy (non-hydrogen) atoms. The van der Waals surface area contributed by atoms with Crippen molar-refractivity contribution in [3.05, 3.63) is 42.6 Å². The number of methoxy groups -OCH3 is 1. The number of aromatic nitrogens is 4. The molecule has 2 heterocycles. The summed E-state index contributed by atoms with van der Waals surface area (Å²) in [6.07, 6.45) is 11.0. The Labute approximate surface area is 163 Å². The lowest BCUT2D eigenvalue weighted by Crippen LogP contribution is -2.39. The van der Waals surface area contributed by atoms with E-state index in [1.807, 2.05) is 22.9 Å². The summed E-state index contributed by atoms with van der Waals surface area (Å²) in [5.41, 5.74) is 2.22. The minimum Gasteiger partial charge on any atom is -0.382 e. The molecular weight excluding hydrogens is 358 g/mol. The highest BCUT2D eigenvalue weighted by Crippen LogP contribution is 2.24. The van der Waals surface area contributed by atoms with E-state index in [1.54, 1.807) is 25.8 Å². The van der Waals surface area contributed by atoms with Crippen LogP contribution in [0.1, 0.15) is 36.0 Å². The topological polar surface area (TPSA) is 94.1 Å². The Balaban J connectivity index is 1.44. The quantitative estimate of drug-likeness (QED) is 0.611. The first-order valence-electron chi connectivity index (χ1n) is 9.61. The van der Waals surface area contributed by atoms with Crippen molar-refractivity contribution in [3.8, 4) is 5.69 Å². The predicted molar refractivity (Wildman–Crippen MR) is 105 cm³/mol. The number of imidazole rings is 1. The molecule has 0 unspecified atom stereocenters. The number of nitrogens with one attached hydrogen (secondary N) is 2. The minimum atomic E-state index is -0.0834. The molecule has 1 aliphatic carbocycles. The maximum atomic E-state index is 13.0. The molecule has 1 aromatic carbocycles. The van der Waals surface area contributed by atoms with Crippen molar-refractivity contribution in [1.29, 1.82) is 0 Å². The van der Waals surface area contributed by atoms with Gasteiger partial charge in [-0.1, -0.05) is 0 Å². The minimum absolute atomic E-state index is 0.0834. The molecule has 0 saturated heterocycles. The number of H-pyrrole nitrogens is 1. The maximum absolute atomic E-state index is 13.0. The predicted octanol–water partition coefficient (Wildman–Crippen LogP) is 2.45. The fourth-order valence-corrected chi connectivity index (χ4v) is 3.72. The van der Waals surface area contributed by atoms with Gasteiger partial charge < -0.3 is 19.4 Å². The van der Waals surface area contributed by atoms with Crippen molar-refractivity contribution in [1.82, 2.24) is 25.1 Å². The molecule has 1 amide bonds. The van der Waals surface area contributed by atoms with Crippen molar-refractivity contribution >= 4 is 16.8 Å². The molecule has 1 saturated carbocycles. The largest absolute Gasteiger partial charge is 0.382 e. The Bertz CT molecular complexity index is 913. The number of hydrogen-bond acceptors (Lipinski definition) is 5. The number of carbonyl (C=O) groups is 1. The number of aromatic amines is 1. The van der Waals surface area contributed by atoms with Crippen LogP contribution >= 0.6 is 0 Å². The average molecular weight is 383 g/mol. The van der Waals surface area contributed by atoms with E-state index in [-0.39, 0.29) is 18.1 Å². The van der Waals surface area contributed by atoms with Crippen LogP contribution in [0.2, 0.25) is 0 Å². The van der Waals surface area contributed by atoms with Crippen LogP contribution in [0.15, 0.2) is 37.1 Å². The summed E-state index contributed by atoms with van der Waals surface area (Å²) in [5, 5.41) is 11.1. The van der Waals surface area contributed by atoms with E-state index in [1.165, 1.54) is 0 Å². The van der Waals surface area contributed by atoms with Crippen molar-refractivity contribution in [2.45, 2.75) is 37.8 Å². The first-order valence-corrected chi connectivity index (χ1v) is 9.61. The molecule has 0 spiro atoms. The molecule has 1 aliphatic rings. The third kappa shape index (κ3) is 4.07. The first kappa shape index (κ1) is 18.6. The molecule has 0 bridgehead atoms. The molecule has 0 aliphatic heterocycles. The summed E-state index contributed by atoms with van der Waals surface area (Å²) in [4.78, 5) is 17.1. The van der Waals surface area contributed by atoms with E-state index < -0.39 is 0 Å². The van der Waals surface area contributed by atoms with Crippen LogP contribution in [-0.4, -0.2) is 58.1 Å². The number of ether oxygens (including phenoxy) is 2. The van der Waals surface area contributed by atoms with Crippen LogP contribution in [0.4, 0.5) is 0 Å². The first-order chi connectivity index (χ1) is 13.7. The summed E-state index contributed by atoms with van der Waals surface area (Å²) in [6.45, 7) is 1.24. The Morgan fingerprint density at radius 1 is 1.29 bits per heavy atom. The van der Waals surface area contributed by atoms with E-state index in [0.717, 1.165) is 42.3 Å². The number of hydrogen-bond donors (Lipinski definition) is 2. The second-order valence-electron chi connectivity index (χ2n) is 7.11. The lowest BCUT2D eigenvalue weighted by molar-refractivity contribution is -0.00408. The fraction of sp³-hybridized carbons (Fsp3) is 0.450. The number of benzene rings is 1. The normalized spacial score (nSPS) is 19.8. The molecule has 2 aromatic heterocycles. The Morgan fingerprint density at radius 2 is 2.14 bits per heavy atom. The van der Waals surface area contributed by atoms with Gasteiger partial charge in [0.25, 0.3) is 5.91 Å². The zero-order valence-corrected chi connectivity index (χ0v) is 15.9. The molecule has 3 aromatic rings. The number of rotatable bonds is 7. The summed E-state index contributed by atoms with van der Waals surface area (Å²) in [5.74, 6) is -0.0834. The standard InChI is InChI=1S/C20H25N5O3/c1-27-8-9-28-17-4-2-15(3-5-17)23-20(26)18-11-16(25-7-6-21-13-25)10-14-12-22-24-19(14)18/h6-7,10-13,15,17H,2-5,8-9H2,1H3,(H,22,24)(H,23,26). The van der Waals surface area contributed by atoms with Gasteiger partial charge in [-0.3, -0.25) is 9.89 Å². The molecular formula is C20H25N5O3. The highest BCUT2D eigenvalue weighted by molar-refractivity contribution is 6.06. The van der Waals surface area contributed by atoms with Crippen molar-refractivity contribution in [3.63, 3.8) is 0 Å². The van der Waals surface area contributed by atoms with Gasteiger partial charge in [0.15, 0.2) is 0 Å². The number of carbonyl (C=O) groups excluding carboxylic acids is 1. The van der Waals surface area contributed by atoms with E-state index >= 15 is 0 Å². The summed E-state index contributed by atoms with van der Waals surface area (Å²) < 4.78 is 12.7. The molecule has 8 heteroatoms. The van der Waals surface area contributed by atoms with Crippen LogP contribution in [0, 0.1) is 0 Å². The SMILES string of the molecule is COCCOC1CCC(NC(=O)c2cc(-n3ccnc3)cc3cn[nH]c23)CC1. The van der Waals surface area contributed by atoms with Crippen LogP contribution in [0.25, 0.3) is 16.6 Å². The zero-order valence-electron chi connectivity index (χ0n) is 15.9. The van der Waals surface area contributed by atoms with Gasteiger partial charge in [0.1, 0.15) is 0 Å². The number of amides is 1. The molecule has 148 valence electrons. The lowest BCUT2D eigenvalue weighted by atomic mass is 9.92. The van der Waals surface area contributed by atoms with Gasteiger partial charge in [0.05, 0.1) is 42.9 Å². The van der Waals surface area contributed by atoms with Gasteiger partial charge in [-0.25, -0.2) is 4.98 Å². The summed E-state index contributed by atoms with van der Waals surface area (Å²) >= 11 is 0. The van der Waals surface area contributed by atoms with Crippen LogP contribution in [0.5, 0.6) is 0 Å². The second-order valence-corrected chi connectivity index (χ2v) is 7.11. The van der Waals surface area contributed by atoms with Crippen molar-refractivity contribution in [2.24, 2.45) is 0 Å². The van der Waals surface area contributed by atoms with Crippen molar-refractivity contribution in [2.75, 3.05) is 20.3 Å². The van der Waals surface area contributed by atoms with Gasteiger partial charge in [0.2, 0.25) is 0 Å². The van der Waals surface area contributed by atoms with E-state index in [9.17, 15) is 4.79 Å². The number of fused-ring (bicyclic) bond motifs is 1. The van der Waals surface area contributed by atoms with E-state index in [0.29, 0.717) is 18.8 Å². The summed E-state index contributed by atoms with van der Waals surface area (Å²) in [7, 11) is 1.67. The van der Waals surface area contributed by atoms with Gasteiger partial charge in [-0.05, 0) is 37.8 Å². The van der Waals surface area contributed by atoms with Crippen molar-refractivity contribution < 1.29 is 14.3 Å². The summed E-state index contributed by atoms with van der Waals surface area (Å²) in [6, 6.07) is 4.02. The van der Waals surface area contributed by atoms with Gasteiger partial charge in [-0.15, -0.1) is 0 Å². The maximum Gasteiger partial charge on any atom is 0.253 e. The molecule has 1 fully saturated rings. The Hall–Kier alpha value is -2.71. The van der Waals surface area contributed by atoms with E-state index in [2.05, 4.69) is 20.5 Å². The molecule has 0 radical (unpaired) electrons. The average Bonchev–Trinajstić information content (AvgIpc) is 3.40. The molecule has 0 atom stereocenters. The Kier molecular flexibility index (Phi) is 5.68. The van der Waals surface area contributed by atoms with E-state index in [4.69, 9.17) is 9.47 Å². The zero-order chi connectivity index (χ0) is 19.3. The van der Waals surface area contributed by atoms with Gasteiger partial charge in [-0.2, -0.15) is 5.10 Å². The second kappa shape index (κ2) is 8.53. The Morgan fingerprint density at radius 3 is 2.89 bits per heavy atom. The smallest absolute Gasteiger partial charge is 0.253 e. The highest BCUT2D eigenvalue weighted by atomic mass is 16.5. The van der Waals surface area contributed by atoms with Crippen LogP contribution in [-0.2, 0) is 9.47 Å². The van der Waals surface area contributed by atoms with Gasteiger partial charge >= 0.3 is 0 Å². The molecule has 8 nitrogen and oxygen atoms in total. The molecule has 2 N–H and O–H groups in total. The van der Waals surface area contributed by atoms with Crippen LogP contribution < -0.4 is 5.32 Å². The number of nitrogens with zero attached hydrogens (tertiary/aromatic N) is 3. The van der Waals surface area contributed by atoms with Gasteiger partial charge in [0, 0.05) is 36.6 Å². The van der Waals surface area contributed by atoms with Crippen LogP contribution in [0.3, 0.4) is 0 Å². The third-order valence-electron chi connectivity index (χ3n) is 5.23. The molecule has 4 rings (SSSR count). The highest BCUT2D eigenvalue weighted by Gasteiger charge is 2.24. The lowest BCUT2D eigenvalue weighted by Gasteiger charge is -2.29. The third-order valence-corrected chi connectivity index (χ3v) is 5.23.